The van der Waals surface area contributed by atoms with Crippen LogP contribution in [-0.2, 0) is 9.16 Å². The Morgan fingerprint density at radius 1 is 1.29 bits per heavy atom. The summed E-state index contributed by atoms with van der Waals surface area (Å²) in [6, 6.07) is 1.16. The van der Waals surface area contributed by atoms with Gasteiger partial charge >= 0.3 is 5.69 Å². The third-order valence-electron chi connectivity index (χ3n) is 4.88. The standard InChI is InChI=1S/C15H26N2O6Si/c1-15(2,3)24(4,5)22-8-9-11(19)12(20)13(23-9)17-7-6-10(18)16-14(17)21/h6-7,9,11-13,19-20H,8H2,1-5H3,(H,16,18,21)/t9-,11?,12?,13-/m0/s1. The van der Waals surface area contributed by atoms with Gasteiger partial charge in [0.05, 0.1) is 6.61 Å². The number of rotatable bonds is 4. The summed E-state index contributed by atoms with van der Waals surface area (Å²) in [7, 11) is -2.03. The van der Waals surface area contributed by atoms with Gasteiger partial charge in [0.2, 0.25) is 0 Å². The summed E-state index contributed by atoms with van der Waals surface area (Å²) in [4.78, 5) is 25.1. The molecule has 0 aliphatic carbocycles. The van der Waals surface area contributed by atoms with Crippen molar-refractivity contribution in [2.45, 2.75) is 63.4 Å². The number of H-pyrrole nitrogens is 1. The van der Waals surface area contributed by atoms with Crippen LogP contribution in [0.5, 0.6) is 0 Å². The maximum absolute atomic E-state index is 11.8. The van der Waals surface area contributed by atoms with E-state index in [0.717, 1.165) is 10.6 Å². The summed E-state index contributed by atoms with van der Waals surface area (Å²) < 4.78 is 12.7. The molecule has 1 aromatic heterocycles. The Kier molecular flexibility index (Phi) is 5.21. The van der Waals surface area contributed by atoms with Crippen LogP contribution in [0, 0.1) is 0 Å². The Bertz CT molecular complexity index is 692. The van der Waals surface area contributed by atoms with Crippen molar-refractivity contribution in [2.75, 3.05) is 6.61 Å². The van der Waals surface area contributed by atoms with Gasteiger partial charge in [-0.15, -0.1) is 0 Å². The van der Waals surface area contributed by atoms with E-state index in [-0.39, 0.29) is 11.6 Å². The van der Waals surface area contributed by atoms with Crippen molar-refractivity contribution in [3.8, 4) is 0 Å². The number of aromatic amines is 1. The van der Waals surface area contributed by atoms with Crippen molar-refractivity contribution >= 4 is 8.32 Å². The number of aromatic nitrogens is 2. The molecule has 4 atom stereocenters. The quantitative estimate of drug-likeness (QED) is 0.662. The molecule has 1 aliphatic heterocycles. The van der Waals surface area contributed by atoms with Crippen LogP contribution < -0.4 is 11.2 Å². The Balaban J connectivity index is 2.13. The van der Waals surface area contributed by atoms with Crippen LogP contribution in [0.25, 0.3) is 0 Å². The molecule has 2 rings (SSSR count). The zero-order chi connectivity index (χ0) is 18.3. The van der Waals surface area contributed by atoms with Crippen molar-refractivity contribution in [1.29, 1.82) is 0 Å². The Morgan fingerprint density at radius 2 is 1.92 bits per heavy atom. The van der Waals surface area contributed by atoms with E-state index in [2.05, 4.69) is 38.8 Å². The molecule has 0 amide bonds. The Labute approximate surface area is 141 Å². The number of nitrogens with zero attached hydrogens (tertiary/aromatic N) is 1. The van der Waals surface area contributed by atoms with Crippen molar-refractivity contribution in [2.24, 2.45) is 0 Å². The highest BCUT2D eigenvalue weighted by atomic mass is 28.4. The Hall–Kier alpha value is -1.26. The van der Waals surface area contributed by atoms with E-state index in [9.17, 15) is 19.8 Å². The fourth-order valence-corrected chi connectivity index (χ4v) is 3.25. The van der Waals surface area contributed by atoms with Gasteiger partial charge in [-0.2, -0.15) is 0 Å². The van der Waals surface area contributed by atoms with Gasteiger partial charge in [-0.25, -0.2) is 4.79 Å². The minimum atomic E-state index is -2.03. The van der Waals surface area contributed by atoms with E-state index in [1.54, 1.807) is 0 Å². The van der Waals surface area contributed by atoms with Crippen LogP contribution in [0.1, 0.15) is 27.0 Å². The normalized spacial score (nSPS) is 28.3. The molecule has 2 unspecified atom stereocenters. The molecule has 9 heteroatoms. The maximum Gasteiger partial charge on any atom is 0.330 e. The minimum absolute atomic E-state index is 0.00439. The molecule has 1 aromatic rings. The van der Waals surface area contributed by atoms with E-state index in [1.807, 2.05) is 0 Å². The fraction of sp³-hybridized carbons (Fsp3) is 0.733. The van der Waals surface area contributed by atoms with Gasteiger partial charge in [-0.05, 0) is 18.1 Å². The van der Waals surface area contributed by atoms with Crippen LogP contribution in [0.3, 0.4) is 0 Å². The predicted molar refractivity (Wildman–Crippen MR) is 90.4 cm³/mol. The highest BCUT2D eigenvalue weighted by Gasteiger charge is 2.46. The fourth-order valence-electron chi connectivity index (χ4n) is 2.23. The molecule has 0 radical (unpaired) electrons. The second kappa shape index (κ2) is 6.56. The lowest BCUT2D eigenvalue weighted by atomic mass is 10.1. The number of aliphatic hydroxyl groups excluding tert-OH is 2. The summed E-state index contributed by atoms with van der Waals surface area (Å²) in [6.07, 6.45) is -3.06. The maximum atomic E-state index is 11.8. The molecule has 3 N–H and O–H groups in total. The van der Waals surface area contributed by atoms with E-state index in [4.69, 9.17) is 9.16 Å². The molecule has 0 saturated carbocycles. The SMILES string of the molecule is CC(C)(C)[Si](C)(C)OC[C@@H]1O[C@H](n2ccc(=O)[nH]c2=O)C(O)C1O. The summed E-state index contributed by atoms with van der Waals surface area (Å²) >= 11 is 0. The molecule has 136 valence electrons. The molecule has 2 heterocycles. The smallest absolute Gasteiger partial charge is 0.330 e. The first-order valence-electron chi connectivity index (χ1n) is 7.91. The van der Waals surface area contributed by atoms with Crippen LogP contribution in [0.2, 0.25) is 18.1 Å². The van der Waals surface area contributed by atoms with Gasteiger partial charge in [-0.1, -0.05) is 20.8 Å². The average molecular weight is 358 g/mol. The highest BCUT2D eigenvalue weighted by molar-refractivity contribution is 6.74. The molecule has 1 saturated heterocycles. The molecule has 1 fully saturated rings. The van der Waals surface area contributed by atoms with E-state index >= 15 is 0 Å². The molecule has 0 bridgehead atoms. The minimum Gasteiger partial charge on any atom is -0.414 e. The van der Waals surface area contributed by atoms with Gasteiger partial charge in [-0.3, -0.25) is 14.3 Å². The molecule has 0 aromatic carbocycles. The van der Waals surface area contributed by atoms with Gasteiger partial charge in [0, 0.05) is 12.3 Å². The monoisotopic (exact) mass is 358 g/mol. The van der Waals surface area contributed by atoms with Gasteiger partial charge in [0.25, 0.3) is 5.56 Å². The number of aliphatic hydroxyl groups is 2. The van der Waals surface area contributed by atoms with Crippen LogP contribution in [0.4, 0.5) is 0 Å². The largest absolute Gasteiger partial charge is 0.414 e. The van der Waals surface area contributed by atoms with Crippen molar-refractivity contribution in [3.05, 3.63) is 33.1 Å². The number of hydrogen-bond donors (Lipinski definition) is 3. The third kappa shape index (κ3) is 3.70. The molecule has 8 nitrogen and oxygen atoms in total. The lowest BCUT2D eigenvalue weighted by molar-refractivity contribution is -0.0531. The summed E-state index contributed by atoms with van der Waals surface area (Å²) in [5, 5.41) is 20.4. The van der Waals surface area contributed by atoms with E-state index < -0.39 is 44.1 Å². The zero-order valence-electron chi connectivity index (χ0n) is 14.6. The first kappa shape index (κ1) is 19.1. The van der Waals surface area contributed by atoms with E-state index in [1.165, 1.54) is 6.20 Å². The summed E-state index contributed by atoms with van der Waals surface area (Å²) in [6.45, 7) is 10.6. The molecule has 24 heavy (non-hydrogen) atoms. The lowest BCUT2D eigenvalue weighted by Gasteiger charge is -2.37. The van der Waals surface area contributed by atoms with Crippen molar-refractivity contribution < 1.29 is 19.4 Å². The summed E-state index contributed by atoms with van der Waals surface area (Å²) in [5.74, 6) is 0. The molecular weight excluding hydrogens is 332 g/mol. The first-order valence-corrected chi connectivity index (χ1v) is 10.8. The molecule has 0 spiro atoms. The summed E-state index contributed by atoms with van der Waals surface area (Å²) in [5.41, 5.74) is -1.24. The first-order chi connectivity index (χ1) is 10.9. The Morgan fingerprint density at radius 3 is 2.46 bits per heavy atom. The molecule has 1 aliphatic rings. The lowest BCUT2D eigenvalue weighted by Crippen LogP contribution is -2.44. The van der Waals surface area contributed by atoms with Crippen molar-refractivity contribution in [3.63, 3.8) is 0 Å². The number of hydrogen-bond acceptors (Lipinski definition) is 6. The van der Waals surface area contributed by atoms with Crippen LogP contribution in [0.15, 0.2) is 21.9 Å². The topological polar surface area (TPSA) is 114 Å². The van der Waals surface area contributed by atoms with Gasteiger partial charge in [0.15, 0.2) is 14.5 Å². The van der Waals surface area contributed by atoms with Crippen LogP contribution in [-0.4, -0.2) is 53.0 Å². The van der Waals surface area contributed by atoms with E-state index in [0.29, 0.717) is 0 Å². The second-order valence-electron chi connectivity index (χ2n) is 7.64. The number of ether oxygens (including phenoxy) is 1. The predicted octanol–water partition coefficient (Wildman–Crippen LogP) is 0.178. The number of nitrogens with one attached hydrogen (secondary N) is 1. The highest BCUT2D eigenvalue weighted by Crippen LogP contribution is 2.37. The van der Waals surface area contributed by atoms with Crippen LogP contribution >= 0.6 is 0 Å². The average Bonchev–Trinajstić information content (AvgIpc) is 2.72. The third-order valence-corrected chi connectivity index (χ3v) is 9.38. The van der Waals surface area contributed by atoms with Gasteiger partial charge in [0.1, 0.15) is 18.3 Å². The van der Waals surface area contributed by atoms with Gasteiger partial charge < -0.3 is 19.4 Å². The molecular formula is C15H26N2O6Si. The zero-order valence-corrected chi connectivity index (χ0v) is 15.6. The second-order valence-corrected chi connectivity index (χ2v) is 12.4. The van der Waals surface area contributed by atoms with Crippen molar-refractivity contribution in [1.82, 2.24) is 9.55 Å².